The van der Waals surface area contributed by atoms with Crippen molar-refractivity contribution in [2.75, 3.05) is 20.1 Å². The van der Waals surface area contributed by atoms with E-state index in [-0.39, 0.29) is 11.8 Å². The molecule has 6 nitrogen and oxygen atoms in total. The fourth-order valence-corrected chi connectivity index (χ4v) is 3.93. The maximum atomic E-state index is 12.9. The molecule has 0 aliphatic carbocycles. The van der Waals surface area contributed by atoms with Gasteiger partial charge >= 0.3 is 0 Å². The number of carbonyl (C=O) groups is 1. The predicted octanol–water partition coefficient (Wildman–Crippen LogP) is 4.26. The standard InChI is InChI=1S/C23H25ClN4O2/c1-27(16-21-25-22(26-30-21)18-5-3-2-4-6-18)23(29)19-11-13-28(14-12-19)15-17-7-9-20(24)10-8-17/h2-10,19H,11-16H2,1H3. The van der Waals surface area contributed by atoms with E-state index in [0.29, 0.717) is 18.3 Å². The number of benzene rings is 2. The highest BCUT2D eigenvalue weighted by molar-refractivity contribution is 6.30. The third-order valence-corrected chi connectivity index (χ3v) is 5.76. The van der Waals surface area contributed by atoms with Crippen molar-refractivity contribution in [1.29, 1.82) is 0 Å². The van der Waals surface area contributed by atoms with Crippen molar-refractivity contribution < 1.29 is 9.32 Å². The maximum absolute atomic E-state index is 12.9. The predicted molar refractivity (Wildman–Crippen MR) is 116 cm³/mol. The van der Waals surface area contributed by atoms with Gasteiger partial charge in [-0.2, -0.15) is 4.98 Å². The summed E-state index contributed by atoms with van der Waals surface area (Å²) in [7, 11) is 1.80. The number of nitrogens with zero attached hydrogens (tertiary/aromatic N) is 4. The highest BCUT2D eigenvalue weighted by atomic mass is 35.5. The number of aromatic nitrogens is 2. The maximum Gasteiger partial charge on any atom is 0.246 e. The quantitative estimate of drug-likeness (QED) is 0.591. The molecule has 1 fully saturated rings. The van der Waals surface area contributed by atoms with Crippen LogP contribution in [0, 0.1) is 5.92 Å². The molecule has 2 heterocycles. The molecule has 0 unspecified atom stereocenters. The van der Waals surface area contributed by atoms with Gasteiger partial charge < -0.3 is 9.42 Å². The summed E-state index contributed by atoms with van der Waals surface area (Å²) in [4.78, 5) is 21.4. The number of rotatable bonds is 6. The lowest BCUT2D eigenvalue weighted by Crippen LogP contribution is -2.40. The van der Waals surface area contributed by atoms with Crippen LogP contribution in [-0.4, -0.2) is 46.0 Å². The van der Waals surface area contributed by atoms with Gasteiger partial charge in [0.1, 0.15) is 0 Å². The van der Waals surface area contributed by atoms with Crippen LogP contribution < -0.4 is 0 Å². The van der Waals surface area contributed by atoms with Crippen molar-refractivity contribution in [2.24, 2.45) is 5.92 Å². The highest BCUT2D eigenvalue weighted by Crippen LogP contribution is 2.22. The zero-order valence-electron chi connectivity index (χ0n) is 17.0. The minimum atomic E-state index is 0.0352. The van der Waals surface area contributed by atoms with E-state index in [4.69, 9.17) is 16.1 Å². The number of carbonyl (C=O) groups excluding carboxylic acids is 1. The summed E-state index contributed by atoms with van der Waals surface area (Å²) in [5.74, 6) is 1.17. The van der Waals surface area contributed by atoms with Crippen molar-refractivity contribution >= 4 is 17.5 Å². The Kier molecular flexibility index (Phi) is 6.45. The first-order chi connectivity index (χ1) is 14.6. The molecule has 2 aromatic carbocycles. The fourth-order valence-electron chi connectivity index (χ4n) is 3.80. The Morgan fingerprint density at radius 2 is 1.83 bits per heavy atom. The van der Waals surface area contributed by atoms with Gasteiger partial charge in [0.25, 0.3) is 0 Å². The average Bonchev–Trinajstić information content (AvgIpc) is 3.24. The SMILES string of the molecule is CN(Cc1nc(-c2ccccc2)no1)C(=O)C1CCN(Cc2ccc(Cl)cc2)CC1. The van der Waals surface area contributed by atoms with Crippen LogP contribution in [0.3, 0.4) is 0 Å². The van der Waals surface area contributed by atoms with E-state index >= 15 is 0 Å². The van der Waals surface area contributed by atoms with Gasteiger partial charge in [-0.05, 0) is 43.6 Å². The number of hydrogen-bond acceptors (Lipinski definition) is 5. The lowest BCUT2D eigenvalue weighted by Gasteiger charge is -2.33. The molecule has 1 aliphatic rings. The van der Waals surface area contributed by atoms with Crippen molar-refractivity contribution in [3.63, 3.8) is 0 Å². The fraction of sp³-hybridized carbons (Fsp3) is 0.348. The number of halogens is 1. The summed E-state index contributed by atoms with van der Waals surface area (Å²) in [6.07, 6.45) is 1.71. The van der Waals surface area contributed by atoms with Crippen molar-refractivity contribution in [3.8, 4) is 11.4 Å². The lowest BCUT2D eigenvalue weighted by molar-refractivity contribution is -0.136. The topological polar surface area (TPSA) is 62.5 Å². The Labute approximate surface area is 181 Å². The van der Waals surface area contributed by atoms with Crippen molar-refractivity contribution in [3.05, 3.63) is 71.1 Å². The molecule has 0 bridgehead atoms. The molecule has 156 valence electrons. The minimum Gasteiger partial charge on any atom is -0.337 e. The van der Waals surface area contributed by atoms with E-state index in [1.165, 1.54) is 5.56 Å². The largest absolute Gasteiger partial charge is 0.337 e. The van der Waals surface area contributed by atoms with Gasteiger partial charge in [0, 0.05) is 30.1 Å². The Balaban J connectivity index is 1.28. The molecular formula is C23H25ClN4O2. The Morgan fingerprint density at radius 1 is 1.13 bits per heavy atom. The summed E-state index contributed by atoms with van der Waals surface area (Å²) < 4.78 is 5.35. The zero-order chi connectivity index (χ0) is 20.9. The van der Waals surface area contributed by atoms with E-state index in [9.17, 15) is 4.79 Å². The molecule has 1 saturated heterocycles. The molecule has 0 N–H and O–H groups in total. The molecule has 1 aliphatic heterocycles. The smallest absolute Gasteiger partial charge is 0.246 e. The van der Waals surface area contributed by atoms with Crippen LogP contribution in [0.25, 0.3) is 11.4 Å². The van der Waals surface area contributed by atoms with E-state index in [1.807, 2.05) is 42.5 Å². The third-order valence-electron chi connectivity index (χ3n) is 5.50. The summed E-state index contributed by atoms with van der Waals surface area (Å²) in [6.45, 7) is 3.03. The first-order valence-electron chi connectivity index (χ1n) is 10.2. The molecule has 1 aromatic heterocycles. The molecule has 4 rings (SSSR count). The van der Waals surface area contributed by atoms with Gasteiger partial charge in [0.05, 0.1) is 6.54 Å². The van der Waals surface area contributed by atoms with Gasteiger partial charge in [-0.15, -0.1) is 0 Å². The third kappa shape index (κ3) is 5.07. The summed E-state index contributed by atoms with van der Waals surface area (Å²) in [5.41, 5.74) is 2.14. The van der Waals surface area contributed by atoms with Crippen LogP contribution in [0.2, 0.25) is 5.02 Å². The zero-order valence-corrected chi connectivity index (χ0v) is 17.8. The van der Waals surface area contributed by atoms with Gasteiger partial charge in [-0.25, -0.2) is 0 Å². The van der Waals surface area contributed by atoms with Crippen molar-refractivity contribution in [1.82, 2.24) is 19.9 Å². The molecule has 30 heavy (non-hydrogen) atoms. The van der Waals surface area contributed by atoms with Gasteiger partial charge in [-0.3, -0.25) is 9.69 Å². The lowest BCUT2D eigenvalue weighted by atomic mass is 9.95. The van der Waals surface area contributed by atoms with Gasteiger partial charge in [-0.1, -0.05) is 59.2 Å². The highest BCUT2D eigenvalue weighted by Gasteiger charge is 2.28. The second-order valence-electron chi connectivity index (χ2n) is 7.75. The first-order valence-corrected chi connectivity index (χ1v) is 10.6. The number of hydrogen-bond donors (Lipinski definition) is 0. The molecule has 3 aromatic rings. The average molecular weight is 425 g/mol. The van der Waals surface area contributed by atoms with Crippen LogP contribution in [0.5, 0.6) is 0 Å². The minimum absolute atomic E-state index is 0.0352. The molecule has 0 radical (unpaired) electrons. The second kappa shape index (κ2) is 9.41. The summed E-state index contributed by atoms with van der Waals surface area (Å²) >= 11 is 5.96. The van der Waals surface area contributed by atoms with Crippen LogP contribution in [0.1, 0.15) is 24.3 Å². The van der Waals surface area contributed by atoms with Crippen LogP contribution in [-0.2, 0) is 17.9 Å². The molecule has 0 saturated carbocycles. The summed E-state index contributed by atoms with van der Waals surface area (Å²) in [5, 5.41) is 4.78. The van der Waals surface area contributed by atoms with Gasteiger partial charge in [0.15, 0.2) is 0 Å². The van der Waals surface area contributed by atoms with Crippen LogP contribution in [0.4, 0.5) is 0 Å². The van der Waals surface area contributed by atoms with E-state index in [2.05, 4.69) is 27.2 Å². The number of amides is 1. The molecule has 7 heteroatoms. The monoisotopic (exact) mass is 424 g/mol. The molecule has 0 spiro atoms. The van der Waals surface area contributed by atoms with Crippen molar-refractivity contribution in [2.45, 2.75) is 25.9 Å². The Bertz CT molecular complexity index is 966. The van der Waals surface area contributed by atoms with Crippen LogP contribution in [0.15, 0.2) is 59.1 Å². The van der Waals surface area contributed by atoms with E-state index < -0.39 is 0 Å². The normalized spacial score (nSPS) is 15.3. The summed E-state index contributed by atoms with van der Waals surface area (Å²) in [6, 6.07) is 17.6. The number of piperidine rings is 1. The van der Waals surface area contributed by atoms with E-state index in [1.54, 1.807) is 11.9 Å². The molecule has 1 amide bonds. The van der Waals surface area contributed by atoms with E-state index in [0.717, 1.165) is 43.1 Å². The van der Waals surface area contributed by atoms with Gasteiger partial charge in [0.2, 0.25) is 17.6 Å². The Morgan fingerprint density at radius 3 is 2.53 bits per heavy atom. The Hall–Kier alpha value is -2.70. The second-order valence-corrected chi connectivity index (χ2v) is 8.19. The molecule has 0 atom stereocenters. The first kappa shape index (κ1) is 20.6. The number of likely N-dealkylation sites (tertiary alicyclic amines) is 1. The van der Waals surface area contributed by atoms with Crippen LogP contribution >= 0.6 is 11.6 Å². The molecular weight excluding hydrogens is 400 g/mol.